The van der Waals surface area contributed by atoms with Gasteiger partial charge < -0.3 is 24.8 Å². The van der Waals surface area contributed by atoms with E-state index in [1.54, 1.807) is 47.1 Å². The van der Waals surface area contributed by atoms with Gasteiger partial charge in [0.1, 0.15) is 17.2 Å². The van der Waals surface area contributed by atoms with E-state index < -0.39 is 17.8 Å². The molecule has 2 N–H and O–H groups in total. The van der Waals surface area contributed by atoms with Crippen molar-refractivity contribution in [1.29, 1.82) is 0 Å². The van der Waals surface area contributed by atoms with Gasteiger partial charge in [0.2, 0.25) is 0 Å². The fourth-order valence-electron chi connectivity index (χ4n) is 5.73. The number of fused-ring (bicyclic) bond motifs is 1. The molecule has 232 valence electrons. The van der Waals surface area contributed by atoms with E-state index in [9.17, 15) is 14.7 Å². The van der Waals surface area contributed by atoms with Gasteiger partial charge in [0, 0.05) is 24.2 Å². The van der Waals surface area contributed by atoms with Crippen LogP contribution in [0.3, 0.4) is 0 Å². The Morgan fingerprint density at radius 3 is 2.44 bits per heavy atom. The number of benzene rings is 1. The van der Waals surface area contributed by atoms with Crippen LogP contribution in [0, 0.1) is 5.41 Å². The predicted octanol–water partition coefficient (Wildman–Crippen LogP) is 6.90. The molecular weight excluding hydrogens is 548 g/mol. The maximum atomic E-state index is 14.0. The van der Waals surface area contributed by atoms with Crippen molar-refractivity contribution < 1.29 is 24.2 Å². The van der Waals surface area contributed by atoms with Gasteiger partial charge in [-0.05, 0) is 76.6 Å². The molecule has 11 nitrogen and oxygen atoms in total. The third-order valence-corrected chi connectivity index (χ3v) is 7.23. The van der Waals surface area contributed by atoms with E-state index in [0.29, 0.717) is 60.3 Å². The molecule has 0 aliphatic carbocycles. The minimum absolute atomic E-state index is 0.223. The first-order valence-electron chi connectivity index (χ1n) is 14.7. The number of nitrogens with zero attached hydrogens (tertiary/aromatic N) is 5. The molecule has 1 aliphatic heterocycles. The molecule has 3 heterocycles. The summed E-state index contributed by atoms with van der Waals surface area (Å²) in [5, 5.41) is 18.2. The Bertz CT molecular complexity index is 1450. The fourth-order valence-corrected chi connectivity index (χ4v) is 5.73. The van der Waals surface area contributed by atoms with Gasteiger partial charge in [-0.3, -0.25) is 0 Å². The van der Waals surface area contributed by atoms with Crippen molar-refractivity contribution >= 4 is 35.2 Å². The molecule has 1 saturated heterocycles. The zero-order chi connectivity index (χ0) is 31.5. The largest absolute Gasteiger partial charge is 0.494 e. The van der Waals surface area contributed by atoms with Crippen molar-refractivity contribution in [3.63, 3.8) is 0 Å². The van der Waals surface area contributed by atoms with Gasteiger partial charge in [-0.25, -0.2) is 19.5 Å². The second-order valence-corrected chi connectivity index (χ2v) is 12.8. The van der Waals surface area contributed by atoms with Gasteiger partial charge in [-0.2, -0.15) is 9.61 Å². The van der Waals surface area contributed by atoms with E-state index in [-0.39, 0.29) is 17.5 Å². The summed E-state index contributed by atoms with van der Waals surface area (Å²) in [6, 6.07) is 8.45. The summed E-state index contributed by atoms with van der Waals surface area (Å²) in [4.78, 5) is 34.2. The number of allylic oxidation sites excluding steroid dienone is 1. The number of likely N-dealkylation sites (tertiary alicyclic amines) is 1. The van der Waals surface area contributed by atoms with Crippen molar-refractivity contribution in [3.8, 4) is 5.75 Å². The molecular formula is C32H44N6O5. The molecule has 2 aromatic heterocycles. The molecule has 0 spiro atoms. The minimum Gasteiger partial charge on any atom is -0.494 e. The van der Waals surface area contributed by atoms with E-state index in [4.69, 9.17) is 14.5 Å². The number of ether oxygens (including phenoxy) is 2. The van der Waals surface area contributed by atoms with Crippen LogP contribution in [0.1, 0.15) is 66.9 Å². The monoisotopic (exact) mass is 592 g/mol. The first kappa shape index (κ1) is 31.7. The van der Waals surface area contributed by atoms with Crippen LogP contribution < -0.4 is 15.0 Å². The van der Waals surface area contributed by atoms with Crippen molar-refractivity contribution in [2.75, 3.05) is 23.4 Å². The second-order valence-electron chi connectivity index (χ2n) is 12.8. The number of hydrogen-bond donors (Lipinski definition) is 2. The zero-order valence-corrected chi connectivity index (χ0v) is 26.3. The highest BCUT2D eigenvalue weighted by atomic mass is 16.6. The molecule has 0 radical (unpaired) electrons. The van der Waals surface area contributed by atoms with Gasteiger partial charge in [0.15, 0.2) is 11.5 Å². The number of aromatic nitrogens is 3. The highest BCUT2D eigenvalue weighted by Gasteiger charge is 2.42. The number of carbonyl (C=O) groups is 2. The number of carbonyl (C=O) groups excluding carboxylic acids is 1. The normalized spacial score (nSPS) is 17.4. The molecule has 1 aliphatic rings. The smallest absolute Gasteiger partial charge is 0.420 e. The molecule has 1 fully saturated rings. The maximum Gasteiger partial charge on any atom is 0.420 e. The number of anilines is 3. The van der Waals surface area contributed by atoms with Crippen LogP contribution in [-0.4, -0.2) is 67.6 Å². The maximum absolute atomic E-state index is 14.0. The summed E-state index contributed by atoms with van der Waals surface area (Å²) in [6.07, 6.45) is 3.68. The van der Waals surface area contributed by atoms with E-state index in [1.807, 2.05) is 48.5 Å². The Morgan fingerprint density at radius 1 is 1.16 bits per heavy atom. The molecule has 2 atom stereocenters. The lowest BCUT2D eigenvalue weighted by Crippen LogP contribution is -2.58. The van der Waals surface area contributed by atoms with Crippen molar-refractivity contribution in [2.24, 2.45) is 5.41 Å². The Kier molecular flexibility index (Phi) is 9.22. The summed E-state index contributed by atoms with van der Waals surface area (Å²) in [5.74, 6) is 1.67. The summed E-state index contributed by atoms with van der Waals surface area (Å²) in [5.41, 5.74) is 0.635. The Hall–Kier alpha value is -4.28. The highest BCUT2D eigenvalue weighted by Crippen LogP contribution is 2.38. The van der Waals surface area contributed by atoms with Crippen molar-refractivity contribution in [2.45, 2.75) is 85.4 Å². The molecule has 0 saturated carbocycles. The van der Waals surface area contributed by atoms with Crippen LogP contribution >= 0.6 is 0 Å². The van der Waals surface area contributed by atoms with Gasteiger partial charge in [0.05, 0.1) is 24.5 Å². The average Bonchev–Trinajstić information content (AvgIpc) is 3.38. The van der Waals surface area contributed by atoms with Gasteiger partial charge in [-0.1, -0.05) is 26.8 Å². The van der Waals surface area contributed by atoms with Crippen molar-refractivity contribution in [1.82, 2.24) is 19.5 Å². The lowest BCUT2D eigenvalue weighted by Gasteiger charge is -2.47. The van der Waals surface area contributed by atoms with Crippen LogP contribution in [0.5, 0.6) is 5.75 Å². The summed E-state index contributed by atoms with van der Waals surface area (Å²) in [6.45, 7) is 18.5. The third-order valence-electron chi connectivity index (χ3n) is 7.23. The van der Waals surface area contributed by atoms with Crippen LogP contribution in [0.4, 0.5) is 26.9 Å². The topological polar surface area (TPSA) is 122 Å². The van der Waals surface area contributed by atoms with E-state index >= 15 is 0 Å². The molecule has 0 bridgehead atoms. The van der Waals surface area contributed by atoms with Crippen LogP contribution in [0.25, 0.3) is 5.65 Å². The highest BCUT2D eigenvalue weighted by molar-refractivity contribution is 5.97. The van der Waals surface area contributed by atoms with Crippen LogP contribution in [-0.2, 0) is 11.2 Å². The summed E-state index contributed by atoms with van der Waals surface area (Å²) in [7, 11) is 0. The van der Waals surface area contributed by atoms with E-state index in [2.05, 4.69) is 17.0 Å². The minimum atomic E-state index is -0.941. The molecule has 1 aromatic carbocycles. The zero-order valence-electron chi connectivity index (χ0n) is 26.3. The standard InChI is InChI=1S/C32H44N6O5/c1-9-12-23-27(34-24-13-11-20-36(29(39)40)26(24)31(3,4)5)35-25-18-19-33-38(25)28(23)37(30(41)43-32(6,7)8)21-14-16-22(17-15-21)42-10-2/h9,14-19,24,26H,1,10-13,20H2,2-8H3,(H,34,35)(H,39,40). The number of nitrogens with one attached hydrogen (secondary N) is 1. The van der Waals surface area contributed by atoms with Gasteiger partial charge >= 0.3 is 12.2 Å². The second kappa shape index (κ2) is 12.5. The van der Waals surface area contributed by atoms with Crippen molar-refractivity contribution in [3.05, 3.63) is 54.7 Å². The lowest BCUT2D eigenvalue weighted by atomic mass is 9.77. The summed E-state index contributed by atoms with van der Waals surface area (Å²) >= 11 is 0. The predicted molar refractivity (Wildman–Crippen MR) is 167 cm³/mol. The molecule has 3 aromatic rings. The Balaban J connectivity index is 1.92. The van der Waals surface area contributed by atoms with Gasteiger partial charge in [-0.15, -0.1) is 6.58 Å². The Labute approximate surface area is 253 Å². The molecule has 2 amide bonds. The third kappa shape index (κ3) is 7.03. The number of rotatable bonds is 8. The quantitative estimate of drug-likeness (QED) is 0.271. The molecule has 11 heteroatoms. The number of carboxylic acid groups (broad SMARTS) is 1. The number of amides is 2. The molecule has 2 unspecified atom stereocenters. The molecule has 4 rings (SSSR count). The first-order valence-corrected chi connectivity index (χ1v) is 14.7. The van der Waals surface area contributed by atoms with Gasteiger partial charge in [0.25, 0.3) is 0 Å². The van der Waals surface area contributed by atoms with Crippen LogP contribution in [0.2, 0.25) is 0 Å². The molecule has 43 heavy (non-hydrogen) atoms. The van der Waals surface area contributed by atoms with E-state index in [0.717, 1.165) is 6.42 Å². The van der Waals surface area contributed by atoms with Crippen LogP contribution in [0.15, 0.2) is 49.2 Å². The number of piperidine rings is 1. The average molecular weight is 593 g/mol. The lowest BCUT2D eigenvalue weighted by molar-refractivity contribution is 0.0518. The Morgan fingerprint density at radius 2 is 1.86 bits per heavy atom. The number of hydrogen-bond acceptors (Lipinski definition) is 7. The fraction of sp³-hybridized carbons (Fsp3) is 0.500. The SMILES string of the molecule is C=CCc1c(NC2CCCN(C(=O)O)C2C(C)(C)C)nc2ccnn2c1N(C(=O)OC(C)(C)C)c1ccc(OCC)cc1. The summed E-state index contributed by atoms with van der Waals surface area (Å²) < 4.78 is 13.2. The first-order chi connectivity index (χ1) is 20.2. The van der Waals surface area contributed by atoms with E-state index in [1.165, 1.54) is 9.80 Å².